The molecule has 1 aromatic rings. The highest BCUT2D eigenvalue weighted by molar-refractivity contribution is 14.0. The Hall–Kier alpha value is -1.22. The summed E-state index contributed by atoms with van der Waals surface area (Å²) in [7, 11) is 1.87. The van der Waals surface area contributed by atoms with Crippen molar-refractivity contribution in [2.75, 3.05) is 57.8 Å². The molecular formula is C20H34IN5O. The fraction of sp³-hybridized carbons (Fsp3) is 0.650. The maximum atomic E-state index is 10.1. The number of hydrogen-bond donors (Lipinski definition) is 2. The van der Waals surface area contributed by atoms with E-state index in [0.717, 1.165) is 50.9 Å². The Kier molecular flexibility index (Phi) is 8.95. The van der Waals surface area contributed by atoms with E-state index in [1.54, 1.807) is 6.07 Å². The van der Waals surface area contributed by atoms with Gasteiger partial charge in [-0.3, -0.25) is 9.89 Å². The number of aliphatic imine (C=N–C) groups is 1. The third-order valence-corrected chi connectivity index (χ3v) is 5.66. The number of benzene rings is 1. The van der Waals surface area contributed by atoms with Crippen LogP contribution >= 0.6 is 24.0 Å². The lowest BCUT2D eigenvalue weighted by molar-refractivity contribution is 0.156. The summed E-state index contributed by atoms with van der Waals surface area (Å²) in [5.41, 5.74) is 0.927. The van der Waals surface area contributed by atoms with Crippen LogP contribution in [0.15, 0.2) is 29.3 Å². The number of phenolic OH excluding ortho intramolecular Hbond substituents is 1. The number of piperazine rings is 1. The summed E-state index contributed by atoms with van der Waals surface area (Å²) in [6.07, 6.45) is 3.94. The largest absolute Gasteiger partial charge is 0.506 e. The van der Waals surface area contributed by atoms with Crippen molar-refractivity contribution in [2.24, 2.45) is 4.99 Å². The summed E-state index contributed by atoms with van der Waals surface area (Å²) >= 11 is 0. The molecule has 2 N–H and O–H groups in total. The number of likely N-dealkylation sites (N-methyl/N-ethyl adjacent to an activating group) is 1. The zero-order valence-electron chi connectivity index (χ0n) is 16.6. The van der Waals surface area contributed by atoms with Crippen molar-refractivity contribution >= 4 is 35.6 Å². The minimum atomic E-state index is 0. The smallest absolute Gasteiger partial charge is 0.193 e. The van der Waals surface area contributed by atoms with Crippen LogP contribution in [0.25, 0.3) is 0 Å². The fourth-order valence-electron chi connectivity index (χ4n) is 4.14. The molecule has 3 rings (SSSR count). The molecule has 1 aromatic carbocycles. The van der Waals surface area contributed by atoms with Gasteiger partial charge in [0.1, 0.15) is 5.75 Å². The Balaban J connectivity index is 0.00000261. The highest BCUT2D eigenvalue weighted by Crippen LogP contribution is 2.27. The number of para-hydroxylation sites is 2. The van der Waals surface area contributed by atoms with E-state index in [1.165, 1.54) is 25.8 Å². The highest BCUT2D eigenvalue weighted by Gasteiger charge is 2.24. The van der Waals surface area contributed by atoms with Crippen molar-refractivity contribution in [2.45, 2.75) is 32.2 Å². The summed E-state index contributed by atoms with van der Waals surface area (Å²) in [5.74, 6) is 1.36. The second-order valence-electron chi connectivity index (χ2n) is 7.17. The molecule has 0 amide bonds. The molecule has 27 heavy (non-hydrogen) atoms. The van der Waals surface area contributed by atoms with Gasteiger partial charge < -0.3 is 20.2 Å². The van der Waals surface area contributed by atoms with Crippen LogP contribution in [-0.4, -0.2) is 79.8 Å². The molecule has 0 saturated carbocycles. The monoisotopic (exact) mass is 487 g/mol. The summed E-state index contributed by atoms with van der Waals surface area (Å²) < 4.78 is 0. The molecule has 0 aliphatic carbocycles. The summed E-state index contributed by atoms with van der Waals surface area (Å²) in [6.45, 7) is 9.19. The van der Waals surface area contributed by atoms with Gasteiger partial charge >= 0.3 is 0 Å². The first-order valence-electron chi connectivity index (χ1n) is 9.95. The van der Waals surface area contributed by atoms with Gasteiger partial charge in [-0.1, -0.05) is 25.5 Å². The van der Waals surface area contributed by atoms with Crippen molar-refractivity contribution in [3.63, 3.8) is 0 Å². The molecule has 0 bridgehead atoms. The minimum Gasteiger partial charge on any atom is -0.506 e. The summed E-state index contributed by atoms with van der Waals surface area (Å²) in [5, 5.41) is 13.7. The molecule has 2 fully saturated rings. The lowest BCUT2D eigenvalue weighted by atomic mass is 10.0. The number of phenols is 1. The van der Waals surface area contributed by atoms with Gasteiger partial charge in [-0.15, -0.1) is 24.0 Å². The molecule has 7 heteroatoms. The van der Waals surface area contributed by atoms with Gasteiger partial charge in [0.15, 0.2) is 5.96 Å². The standard InChI is InChI=1S/C20H33N5O.HI/c1-3-23-11-7-6-8-17(23)16-22-20(21-2)25-14-12-24(13-15-25)18-9-4-5-10-19(18)26;/h4-5,9-10,17,26H,3,6-8,11-16H2,1-2H3,(H,21,22);1H. The van der Waals surface area contributed by atoms with Crippen molar-refractivity contribution in [3.8, 4) is 5.75 Å². The SMILES string of the molecule is CCN1CCCCC1CNC(=NC)N1CCN(c2ccccc2O)CC1.I. The zero-order valence-corrected chi connectivity index (χ0v) is 18.9. The van der Waals surface area contributed by atoms with Crippen molar-refractivity contribution in [3.05, 3.63) is 24.3 Å². The van der Waals surface area contributed by atoms with E-state index in [2.05, 4.69) is 31.9 Å². The van der Waals surface area contributed by atoms with Gasteiger partial charge in [-0.05, 0) is 38.1 Å². The number of likely N-dealkylation sites (tertiary alicyclic amines) is 1. The number of halogens is 1. The number of nitrogens with one attached hydrogen (secondary N) is 1. The van der Waals surface area contributed by atoms with Crippen LogP contribution in [0, 0.1) is 0 Å². The lowest BCUT2D eigenvalue weighted by Crippen LogP contribution is -2.55. The molecule has 2 saturated heterocycles. The van der Waals surface area contributed by atoms with Crippen LogP contribution in [-0.2, 0) is 0 Å². The van der Waals surface area contributed by atoms with E-state index in [4.69, 9.17) is 0 Å². The van der Waals surface area contributed by atoms with E-state index in [0.29, 0.717) is 11.8 Å². The molecule has 1 unspecified atom stereocenters. The van der Waals surface area contributed by atoms with E-state index in [1.807, 2.05) is 25.2 Å². The van der Waals surface area contributed by atoms with Gasteiger partial charge in [-0.25, -0.2) is 0 Å². The normalized spacial score (nSPS) is 21.7. The van der Waals surface area contributed by atoms with Gasteiger partial charge in [-0.2, -0.15) is 0 Å². The maximum Gasteiger partial charge on any atom is 0.193 e. The van der Waals surface area contributed by atoms with E-state index in [-0.39, 0.29) is 24.0 Å². The first kappa shape index (κ1) is 22.1. The maximum absolute atomic E-state index is 10.1. The van der Waals surface area contributed by atoms with Gasteiger partial charge in [0.25, 0.3) is 0 Å². The van der Waals surface area contributed by atoms with Gasteiger partial charge in [0, 0.05) is 45.8 Å². The second kappa shape index (κ2) is 10.9. The van der Waals surface area contributed by atoms with Crippen molar-refractivity contribution in [1.82, 2.24) is 15.1 Å². The Morgan fingerprint density at radius 3 is 2.56 bits per heavy atom. The van der Waals surface area contributed by atoms with Crippen LogP contribution in [0.2, 0.25) is 0 Å². The summed E-state index contributed by atoms with van der Waals surface area (Å²) in [4.78, 5) is 11.7. The van der Waals surface area contributed by atoms with Gasteiger partial charge in [0.05, 0.1) is 5.69 Å². The Morgan fingerprint density at radius 1 is 1.15 bits per heavy atom. The molecule has 2 aliphatic heterocycles. The molecule has 1 atom stereocenters. The van der Waals surface area contributed by atoms with E-state index >= 15 is 0 Å². The number of guanidine groups is 1. The molecule has 6 nitrogen and oxygen atoms in total. The highest BCUT2D eigenvalue weighted by atomic mass is 127. The number of rotatable bonds is 4. The molecule has 2 aliphatic rings. The van der Waals surface area contributed by atoms with Crippen LogP contribution in [0.4, 0.5) is 5.69 Å². The van der Waals surface area contributed by atoms with E-state index in [9.17, 15) is 5.11 Å². The predicted molar refractivity (Wildman–Crippen MR) is 124 cm³/mol. The predicted octanol–water partition coefficient (Wildman–Crippen LogP) is 2.58. The molecule has 0 spiro atoms. The minimum absolute atomic E-state index is 0. The Morgan fingerprint density at radius 2 is 1.89 bits per heavy atom. The molecule has 2 heterocycles. The van der Waals surface area contributed by atoms with Crippen LogP contribution in [0.1, 0.15) is 26.2 Å². The third-order valence-electron chi connectivity index (χ3n) is 5.66. The third kappa shape index (κ3) is 5.63. The van der Waals surface area contributed by atoms with Crippen LogP contribution < -0.4 is 10.2 Å². The average molecular weight is 487 g/mol. The average Bonchev–Trinajstić information content (AvgIpc) is 2.70. The number of nitrogens with zero attached hydrogens (tertiary/aromatic N) is 4. The summed E-state index contributed by atoms with van der Waals surface area (Å²) in [6, 6.07) is 8.21. The molecule has 152 valence electrons. The number of anilines is 1. The van der Waals surface area contributed by atoms with Crippen molar-refractivity contribution < 1.29 is 5.11 Å². The quantitative estimate of drug-likeness (QED) is 0.389. The molecular weight excluding hydrogens is 453 g/mol. The first-order valence-corrected chi connectivity index (χ1v) is 9.95. The van der Waals surface area contributed by atoms with Crippen LogP contribution in [0.3, 0.4) is 0 Å². The number of piperidine rings is 1. The zero-order chi connectivity index (χ0) is 18.4. The van der Waals surface area contributed by atoms with Crippen molar-refractivity contribution in [1.29, 1.82) is 0 Å². The second-order valence-corrected chi connectivity index (χ2v) is 7.17. The fourth-order valence-corrected chi connectivity index (χ4v) is 4.14. The Bertz CT molecular complexity index is 604. The first-order chi connectivity index (χ1) is 12.7. The topological polar surface area (TPSA) is 54.3 Å². The lowest BCUT2D eigenvalue weighted by Gasteiger charge is -2.39. The number of hydrogen-bond acceptors (Lipinski definition) is 4. The van der Waals surface area contributed by atoms with Crippen LogP contribution in [0.5, 0.6) is 5.75 Å². The molecule has 0 aromatic heterocycles. The molecule has 0 radical (unpaired) electrons. The Labute approximate surface area is 180 Å². The van der Waals surface area contributed by atoms with E-state index < -0.39 is 0 Å². The van der Waals surface area contributed by atoms with Gasteiger partial charge in [0.2, 0.25) is 0 Å². The number of aromatic hydroxyl groups is 1.